The zero-order valence-corrected chi connectivity index (χ0v) is 10.3. The normalized spacial score (nSPS) is 17.5. The molecule has 2 aromatic heterocycles. The van der Waals surface area contributed by atoms with E-state index in [1.165, 1.54) is 5.56 Å². The molecule has 1 aliphatic rings. The average molecular weight is 241 g/mol. The van der Waals surface area contributed by atoms with Crippen LogP contribution in [0.25, 0.3) is 0 Å². The van der Waals surface area contributed by atoms with Gasteiger partial charge in [-0.05, 0) is 30.5 Å². The van der Waals surface area contributed by atoms with Crippen molar-refractivity contribution in [2.75, 3.05) is 5.32 Å². The van der Waals surface area contributed by atoms with Gasteiger partial charge in [-0.3, -0.25) is 9.78 Å². The fourth-order valence-electron chi connectivity index (χ4n) is 2.43. The number of rotatable bonds is 2. The highest BCUT2D eigenvalue weighted by Crippen LogP contribution is 2.31. The molecule has 3 rings (SSSR count). The molecule has 1 atom stereocenters. The van der Waals surface area contributed by atoms with Gasteiger partial charge >= 0.3 is 0 Å². The van der Waals surface area contributed by atoms with Crippen molar-refractivity contribution in [2.24, 2.45) is 7.05 Å². The Morgan fingerprint density at radius 3 is 3.11 bits per heavy atom. The second kappa shape index (κ2) is 4.29. The van der Waals surface area contributed by atoms with Gasteiger partial charge in [0.05, 0.1) is 17.4 Å². The number of nitrogens with one attached hydrogen (secondary N) is 1. The fourth-order valence-corrected chi connectivity index (χ4v) is 2.43. The molecule has 4 nitrogen and oxygen atoms in total. The van der Waals surface area contributed by atoms with Crippen molar-refractivity contribution in [3.8, 4) is 0 Å². The number of aromatic nitrogens is 2. The third kappa shape index (κ3) is 1.90. The summed E-state index contributed by atoms with van der Waals surface area (Å²) in [6.45, 7) is 0. The summed E-state index contributed by atoms with van der Waals surface area (Å²) in [4.78, 5) is 15.8. The van der Waals surface area contributed by atoms with E-state index in [-0.39, 0.29) is 11.6 Å². The third-order valence-electron chi connectivity index (χ3n) is 3.39. The lowest BCUT2D eigenvalue weighted by Crippen LogP contribution is -2.16. The second-order valence-corrected chi connectivity index (χ2v) is 4.65. The molecular formula is C14H15N3O. The molecule has 0 aliphatic heterocycles. The van der Waals surface area contributed by atoms with Crippen LogP contribution in [-0.4, -0.2) is 9.55 Å². The highest BCUT2D eigenvalue weighted by Gasteiger charge is 2.23. The highest BCUT2D eigenvalue weighted by atomic mass is 16.1. The van der Waals surface area contributed by atoms with Gasteiger partial charge < -0.3 is 9.88 Å². The number of aryl methyl sites for hydroxylation is 2. The van der Waals surface area contributed by atoms with Crippen LogP contribution < -0.4 is 10.9 Å². The maximum atomic E-state index is 11.3. The zero-order chi connectivity index (χ0) is 12.5. The number of fused-ring (bicyclic) bond motifs is 1. The molecule has 92 valence electrons. The molecule has 0 spiro atoms. The summed E-state index contributed by atoms with van der Waals surface area (Å²) in [7, 11) is 1.76. The summed E-state index contributed by atoms with van der Waals surface area (Å²) in [5, 5.41) is 3.44. The second-order valence-electron chi connectivity index (χ2n) is 4.65. The van der Waals surface area contributed by atoms with Gasteiger partial charge in [0.2, 0.25) is 5.56 Å². The van der Waals surface area contributed by atoms with Crippen LogP contribution in [0.2, 0.25) is 0 Å². The van der Waals surface area contributed by atoms with E-state index in [0.29, 0.717) is 0 Å². The van der Waals surface area contributed by atoms with Gasteiger partial charge in [-0.2, -0.15) is 0 Å². The van der Waals surface area contributed by atoms with Gasteiger partial charge in [0.15, 0.2) is 0 Å². The van der Waals surface area contributed by atoms with E-state index in [2.05, 4.69) is 16.4 Å². The minimum Gasteiger partial charge on any atom is -0.375 e. The van der Waals surface area contributed by atoms with E-state index >= 15 is 0 Å². The summed E-state index contributed by atoms with van der Waals surface area (Å²) >= 11 is 0. The van der Waals surface area contributed by atoms with Crippen molar-refractivity contribution in [1.29, 1.82) is 0 Å². The topological polar surface area (TPSA) is 46.9 Å². The molecule has 1 N–H and O–H groups in total. The molecule has 0 saturated heterocycles. The predicted molar refractivity (Wildman–Crippen MR) is 70.6 cm³/mol. The van der Waals surface area contributed by atoms with Crippen LogP contribution in [0.3, 0.4) is 0 Å². The standard InChI is InChI=1S/C14H15N3O/c1-17-9-11(5-7-13(17)18)16-12-6-4-10-3-2-8-15-14(10)12/h2-3,5,7-9,12,16H,4,6H2,1H3. The summed E-state index contributed by atoms with van der Waals surface area (Å²) in [6, 6.07) is 7.76. The van der Waals surface area contributed by atoms with E-state index < -0.39 is 0 Å². The first-order valence-corrected chi connectivity index (χ1v) is 6.11. The molecule has 0 fully saturated rings. The van der Waals surface area contributed by atoms with E-state index in [9.17, 15) is 4.79 Å². The fraction of sp³-hybridized carbons (Fsp3) is 0.286. The molecule has 18 heavy (non-hydrogen) atoms. The molecule has 1 unspecified atom stereocenters. The first-order valence-electron chi connectivity index (χ1n) is 6.11. The van der Waals surface area contributed by atoms with Crippen LogP contribution >= 0.6 is 0 Å². The number of anilines is 1. The zero-order valence-electron chi connectivity index (χ0n) is 10.3. The van der Waals surface area contributed by atoms with Crippen molar-refractivity contribution >= 4 is 5.69 Å². The van der Waals surface area contributed by atoms with E-state index in [0.717, 1.165) is 24.2 Å². The van der Waals surface area contributed by atoms with Crippen molar-refractivity contribution in [2.45, 2.75) is 18.9 Å². The summed E-state index contributed by atoms with van der Waals surface area (Å²) < 4.78 is 1.58. The Hall–Kier alpha value is -2.10. The number of hydrogen-bond donors (Lipinski definition) is 1. The van der Waals surface area contributed by atoms with Gasteiger partial charge in [0.25, 0.3) is 0 Å². The first kappa shape index (κ1) is 11.0. The molecule has 2 heterocycles. The van der Waals surface area contributed by atoms with E-state index in [1.54, 1.807) is 17.7 Å². The molecule has 0 bridgehead atoms. The van der Waals surface area contributed by atoms with Gasteiger partial charge in [-0.15, -0.1) is 0 Å². The maximum Gasteiger partial charge on any atom is 0.250 e. The van der Waals surface area contributed by atoms with Crippen LogP contribution in [0, 0.1) is 0 Å². The van der Waals surface area contributed by atoms with Crippen molar-refractivity contribution < 1.29 is 0 Å². The smallest absolute Gasteiger partial charge is 0.250 e. The van der Waals surface area contributed by atoms with Gasteiger partial charge in [-0.25, -0.2) is 0 Å². The predicted octanol–water partition coefficient (Wildman–Crippen LogP) is 1.88. The highest BCUT2D eigenvalue weighted by molar-refractivity contribution is 5.44. The monoisotopic (exact) mass is 241 g/mol. The quantitative estimate of drug-likeness (QED) is 0.873. The molecule has 4 heteroatoms. The number of nitrogens with zero attached hydrogens (tertiary/aromatic N) is 2. The van der Waals surface area contributed by atoms with Crippen LogP contribution in [0.1, 0.15) is 23.7 Å². The van der Waals surface area contributed by atoms with Crippen molar-refractivity contribution in [3.05, 3.63) is 58.3 Å². The number of hydrogen-bond acceptors (Lipinski definition) is 3. The molecule has 0 amide bonds. The van der Waals surface area contributed by atoms with Crippen LogP contribution in [0.5, 0.6) is 0 Å². The number of pyridine rings is 2. The maximum absolute atomic E-state index is 11.3. The summed E-state index contributed by atoms with van der Waals surface area (Å²) in [5.74, 6) is 0. The lowest BCUT2D eigenvalue weighted by Gasteiger charge is -2.15. The van der Waals surface area contributed by atoms with Gasteiger partial charge in [-0.1, -0.05) is 6.07 Å². The Bertz CT molecular complexity index is 633. The van der Waals surface area contributed by atoms with Crippen LogP contribution in [-0.2, 0) is 13.5 Å². The van der Waals surface area contributed by atoms with Crippen LogP contribution in [0.15, 0.2) is 41.5 Å². The van der Waals surface area contributed by atoms with Crippen LogP contribution in [0.4, 0.5) is 5.69 Å². The van der Waals surface area contributed by atoms with Gasteiger partial charge in [0.1, 0.15) is 0 Å². The Morgan fingerprint density at radius 2 is 2.28 bits per heavy atom. The molecule has 0 saturated carbocycles. The summed E-state index contributed by atoms with van der Waals surface area (Å²) in [5.41, 5.74) is 3.41. The summed E-state index contributed by atoms with van der Waals surface area (Å²) in [6.07, 6.45) is 5.77. The molecule has 2 aromatic rings. The molecule has 0 radical (unpaired) electrons. The van der Waals surface area contributed by atoms with Crippen molar-refractivity contribution in [1.82, 2.24) is 9.55 Å². The third-order valence-corrected chi connectivity index (χ3v) is 3.39. The van der Waals surface area contributed by atoms with Crippen molar-refractivity contribution in [3.63, 3.8) is 0 Å². The average Bonchev–Trinajstić information content (AvgIpc) is 2.78. The molecule has 0 aromatic carbocycles. The lowest BCUT2D eigenvalue weighted by atomic mass is 10.2. The van der Waals surface area contributed by atoms with Gasteiger partial charge in [0, 0.05) is 25.5 Å². The minimum atomic E-state index is 0.00509. The van der Waals surface area contributed by atoms with E-state index in [1.807, 2.05) is 24.5 Å². The SMILES string of the molecule is Cn1cc(NC2CCc3cccnc32)ccc1=O. The molecule has 1 aliphatic carbocycles. The van der Waals surface area contributed by atoms with E-state index in [4.69, 9.17) is 0 Å². The Labute approximate surface area is 105 Å². The lowest BCUT2D eigenvalue weighted by molar-refractivity contribution is 0.741. The Morgan fingerprint density at radius 1 is 1.39 bits per heavy atom. The minimum absolute atomic E-state index is 0.00509. The Kier molecular flexibility index (Phi) is 2.63. The largest absolute Gasteiger partial charge is 0.375 e. The Balaban J connectivity index is 1.86. The first-order chi connectivity index (χ1) is 8.74. The molecular weight excluding hydrogens is 226 g/mol.